The van der Waals surface area contributed by atoms with Crippen LogP contribution in [-0.4, -0.2) is 44.3 Å². The Hall–Kier alpha value is -2.34. The van der Waals surface area contributed by atoms with Crippen molar-refractivity contribution in [1.82, 2.24) is 10.2 Å². The maximum Gasteiger partial charge on any atom is 0.338 e. The number of methoxy groups -OCH3 is 1. The second-order valence-electron chi connectivity index (χ2n) is 5.91. The lowest BCUT2D eigenvalue weighted by Gasteiger charge is -2.33. The van der Waals surface area contributed by atoms with E-state index in [1.807, 2.05) is 32.0 Å². The number of carbonyl (C=O) groups is 2. The van der Waals surface area contributed by atoms with Crippen LogP contribution in [0.1, 0.15) is 29.7 Å². The van der Waals surface area contributed by atoms with Gasteiger partial charge in [0, 0.05) is 19.9 Å². The highest BCUT2D eigenvalue weighted by Gasteiger charge is 2.35. The van der Waals surface area contributed by atoms with Crippen molar-refractivity contribution in [2.45, 2.75) is 26.8 Å². The fourth-order valence-electron chi connectivity index (χ4n) is 2.59. The molecule has 0 fully saturated rings. The van der Waals surface area contributed by atoms with Gasteiger partial charge in [0.15, 0.2) is 0 Å². The van der Waals surface area contributed by atoms with Gasteiger partial charge in [-0.2, -0.15) is 0 Å². The Balaban J connectivity index is 2.40. The zero-order chi connectivity index (χ0) is 17.9. The van der Waals surface area contributed by atoms with Crippen LogP contribution in [0.15, 0.2) is 29.5 Å². The molecule has 0 unspecified atom stereocenters. The first kappa shape index (κ1) is 18.0. The van der Waals surface area contributed by atoms with Gasteiger partial charge < -0.3 is 19.7 Å². The molecule has 0 saturated heterocycles. The van der Waals surface area contributed by atoms with Crippen molar-refractivity contribution in [3.05, 3.63) is 46.2 Å². The van der Waals surface area contributed by atoms with Gasteiger partial charge in [0.25, 0.3) is 0 Å². The second kappa shape index (κ2) is 7.49. The average molecular weight is 332 g/mol. The summed E-state index contributed by atoms with van der Waals surface area (Å²) in [6.07, 6.45) is 0. The van der Waals surface area contributed by atoms with Gasteiger partial charge in [-0.3, -0.25) is 0 Å². The maximum absolute atomic E-state index is 12.6. The number of rotatable bonds is 5. The molecule has 1 aliphatic rings. The molecule has 6 nitrogen and oxygen atoms in total. The highest BCUT2D eigenvalue weighted by Crippen LogP contribution is 2.31. The summed E-state index contributed by atoms with van der Waals surface area (Å²) in [5, 5.41) is 2.88. The van der Waals surface area contributed by atoms with E-state index in [2.05, 4.69) is 5.32 Å². The average Bonchev–Trinajstić information content (AvgIpc) is 2.55. The summed E-state index contributed by atoms with van der Waals surface area (Å²) in [6, 6.07) is 5.13. The molecule has 2 amide bonds. The van der Waals surface area contributed by atoms with Crippen molar-refractivity contribution in [2.24, 2.45) is 0 Å². The van der Waals surface area contributed by atoms with Crippen molar-refractivity contribution < 1.29 is 19.1 Å². The van der Waals surface area contributed by atoms with E-state index in [4.69, 9.17) is 9.47 Å². The molecule has 24 heavy (non-hydrogen) atoms. The molecular formula is C18H24N2O4. The number of nitrogens with zero attached hydrogens (tertiary/aromatic N) is 1. The topological polar surface area (TPSA) is 67.9 Å². The number of hydrogen-bond acceptors (Lipinski definition) is 4. The number of nitrogens with one attached hydrogen (secondary N) is 1. The molecule has 0 bridgehead atoms. The predicted octanol–water partition coefficient (Wildman–Crippen LogP) is 2.46. The van der Waals surface area contributed by atoms with Gasteiger partial charge in [-0.15, -0.1) is 0 Å². The molecule has 130 valence electrons. The monoisotopic (exact) mass is 332 g/mol. The summed E-state index contributed by atoms with van der Waals surface area (Å²) >= 11 is 0. The third-order valence-electron chi connectivity index (χ3n) is 4.36. The number of amides is 2. The van der Waals surface area contributed by atoms with Crippen LogP contribution in [0.25, 0.3) is 0 Å². The molecule has 0 spiro atoms. The van der Waals surface area contributed by atoms with Crippen LogP contribution < -0.4 is 5.32 Å². The molecule has 6 heteroatoms. The van der Waals surface area contributed by atoms with E-state index >= 15 is 0 Å². The fraction of sp³-hybridized carbons (Fsp3) is 0.444. The lowest BCUT2D eigenvalue weighted by molar-refractivity contribution is -0.140. The number of allylic oxidation sites excluding steroid dienone is 1. The molecule has 1 aliphatic heterocycles. The van der Waals surface area contributed by atoms with E-state index in [1.165, 1.54) is 4.90 Å². The number of esters is 1. The number of ether oxygens (including phenoxy) is 2. The fourth-order valence-corrected chi connectivity index (χ4v) is 2.59. The number of carbonyl (C=O) groups excluding carboxylic acids is 2. The molecule has 0 aliphatic carbocycles. The first-order chi connectivity index (χ1) is 11.4. The summed E-state index contributed by atoms with van der Waals surface area (Å²) in [4.78, 5) is 26.2. The van der Waals surface area contributed by atoms with Crippen molar-refractivity contribution in [3.63, 3.8) is 0 Å². The molecule has 0 saturated carbocycles. The van der Waals surface area contributed by atoms with Crippen LogP contribution >= 0.6 is 0 Å². The molecule has 1 aromatic carbocycles. The molecule has 0 radical (unpaired) electrons. The number of benzene rings is 1. The minimum Gasteiger partial charge on any atom is -0.460 e. The highest BCUT2D eigenvalue weighted by molar-refractivity contribution is 5.95. The number of hydrogen-bond donors (Lipinski definition) is 1. The summed E-state index contributed by atoms with van der Waals surface area (Å²) in [7, 11) is 3.18. The van der Waals surface area contributed by atoms with Crippen LogP contribution in [-0.2, 0) is 14.3 Å². The summed E-state index contributed by atoms with van der Waals surface area (Å²) in [6.45, 7) is 6.27. The highest BCUT2D eigenvalue weighted by atomic mass is 16.6. The van der Waals surface area contributed by atoms with Crippen LogP contribution in [0.5, 0.6) is 0 Å². The Morgan fingerprint density at radius 2 is 1.92 bits per heavy atom. The van der Waals surface area contributed by atoms with Gasteiger partial charge in [0.1, 0.15) is 6.61 Å². The van der Waals surface area contributed by atoms with Gasteiger partial charge in [-0.1, -0.05) is 18.2 Å². The van der Waals surface area contributed by atoms with E-state index in [0.29, 0.717) is 17.9 Å². The van der Waals surface area contributed by atoms with Crippen molar-refractivity contribution >= 4 is 12.0 Å². The SMILES string of the molecule is COCCOC(=O)C1=C(C)N(C)C(=O)N[C@H]1c1ccc(C)c(C)c1. The molecule has 1 aromatic rings. The van der Waals surface area contributed by atoms with Gasteiger partial charge in [0.2, 0.25) is 0 Å². The first-order valence-corrected chi connectivity index (χ1v) is 7.85. The van der Waals surface area contributed by atoms with Gasteiger partial charge in [0.05, 0.1) is 18.2 Å². The van der Waals surface area contributed by atoms with Crippen LogP contribution in [0.2, 0.25) is 0 Å². The lowest BCUT2D eigenvalue weighted by Crippen LogP contribution is -2.46. The number of aryl methyl sites for hydroxylation is 2. The summed E-state index contributed by atoms with van der Waals surface area (Å²) < 4.78 is 10.2. The van der Waals surface area contributed by atoms with E-state index in [-0.39, 0.29) is 12.6 Å². The second-order valence-corrected chi connectivity index (χ2v) is 5.91. The Morgan fingerprint density at radius 3 is 2.54 bits per heavy atom. The van der Waals surface area contributed by atoms with Gasteiger partial charge in [-0.25, -0.2) is 9.59 Å². The normalized spacial score (nSPS) is 17.8. The summed E-state index contributed by atoms with van der Waals surface area (Å²) in [5.41, 5.74) is 4.15. The molecular weight excluding hydrogens is 308 g/mol. The van der Waals surface area contributed by atoms with Crippen LogP contribution in [0.3, 0.4) is 0 Å². The smallest absolute Gasteiger partial charge is 0.338 e. The van der Waals surface area contributed by atoms with E-state index in [0.717, 1.165) is 16.7 Å². The third-order valence-corrected chi connectivity index (χ3v) is 4.36. The van der Waals surface area contributed by atoms with E-state index < -0.39 is 12.0 Å². The molecule has 0 aromatic heterocycles. The number of urea groups is 1. The minimum atomic E-state index is -0.525. The molecule has 1 atom stereocenters. The van der Waals surface area contributed by atoms with Crippen LogP contribution in [0, 0.1) is 13.8 Å². The Labute approximate surface area is 142 Å². The Morgan fingerprint density at radius 1 is 1.21 bits per heavy atom. The minimum absolute atomic E-state index is 0.170. The predicted molar refractivity (Wildman–Crippen MR) is 90.5 cm³/mol. The zero-order valence-electron chi connectivity index (χ0n) is 14.8. The first-order valence-electron chi connectivity index (χ1n) is 7.85. The zero-order valence-corrected chi connectivity index (χ0v) is 14.8. The van der Waals surface area contributed by atoms with Crippen molar-refractivity contribution in [1.29, 1.82) is 0 Å². The summed E-state index contributed by atoms with van der Waals surface area (Å²) in [5.74, 6) is -0.445. The van der Waals surface area contributed by atoms with E-state index in [9.17, 15) is 9.59 Å². The Bertz CT molecular complexity index is 682. The maximum atomic E-state index is 12.6. The molecule has 2 rings (SSSR count). The van der Waals surface area contributed by atoms with Crippen molar-refractivity contribution in [3.8, 4) is 0 Å². The standard InChI is InChI=1S/C18H24N2O4/c1-11-6-7-14(10-12(11)2)16-15(17(21)24-9-8-23-5)13(3)20(4)18(22)19-16/h6-7,10,16H,8-9H2,1-5H3,(H,19,22)/t16-/m0/s1. The largest absolute Gasteiger partial charge is 0.460 e. The van der Waals surface area contributed by atoms with E-state index in [1.54, 1.807) is 21.1 Å². The lowest BCUT2D eigenvalue weighted by atomic mass is 9.93. The van der Waals surface area contributed by atoms with Crippen molar-refractivity contribution in [2.75, 3.05) is 27.4 Å². The van der Waals surface area contributed by atoms with Crippen LogP contribution in [0.4, 0.5) is 4.79 Å². The molecule has 1 heterocycles. The molecule has 1 N–H and O–H groups in total. The van der Waals surface area contributed by atoms with Gasteiger partial charge >= 0.3 is 12.0 Å². The van der Waals surface area contributed by atoms with Gasteiger partial charge in [-0.05, 0) is 37.5 Å². The Kier molecular flexibility index (Phi) is 5.62. The quantitative estimate of drug-likeness (QED) is 0.664. The third kappa shape index (κ3) is 3.59.